The number of rotatable bonds is 8. The summed E-state index contributed by atoms with van der Waals surface area (Å²) in [6.07, 6.45) is 2.32. The number of hydrogen-bond donors (Lipinski definition) is 1. The Morgan fingerprint density at radius 2 is 1.95 bits per heavy atom. The molecule has 1 rings (SSSR count). The van der Waals surface area contributed by atoms with E-state index < -0.39 is 0 Å². The Kier molecular flexibility index (Phi) is 6.80. The van der Waals surface area contributed by atoms with Crippen LogP contribution in [0.2, 0.25) is 0 Å². The largest absolute Gasteiger partial charge is 0.349 e. The Balaban J connectivity index is 2.91. The molecule has 0 amide bonds. The van der Waals surface area contributed by atoms with Gasteiger partial charge in [-0.15, -0.1) is 11.3 Å². The van der Waals surface area contributed by atoms with Crippen molar-refractivity contribution in [3.63, 3.8) is 0 Å². The molecule has 0 fully saturated rings. The minimum absolute atomic E-state index is 0.493. The van der Waals surface area contributed by atoms with Gasteiger partial charge in [0.15, 0.2) is 5.13 Å². The molecule has 1 atom stereocenters. The summed E-state index contributed by atoms with van der Waals surface area (Å²) in [6.45, 7) is 13.2. The minimum Gasteiger partial charge on any atom is -0.349 e. The molecule has 110 valence electrons. The van der Waals surface area contributed by atoms with Gasteiger partial charge < -0.3 is 10.2 Å². The lowest BCUT2D eigenvalue weighted by atomic mass is 10.0. The van der Waals surface area contributed by atoms with Crippen LogP contribution in [0.15, 0.2) is 0 Å². The van der Waals surface area contributed by atoms with Crippen molar-refractivity contribution >= 4 is 16.5 Å². The lowest BCUT2D eigenvalue weighted by molar-refractivity contribution is 0.654. The molecule has 0 aromatic carbocycles. The molecule has 1 unspecified atom stereocenters. The molecule has 0 aliphatic rings. The van der Waals surface area contributed by atoms with E-state index in [0.29, 0.717) is 12.0 Å². The van der Waals surface area contributed by atoms with Crippen LogP contribution in [0.5, 0.6) is 0 Å². The summed E-state index contributed by atoms with van der Waals surface area (Å²) in [7, 11) is 2.13. The van der Waals surface area contributed by atoms with Crippen molar-refractivity contribution in [2.45, 2.75) is 66.0 Å². The van der Waals surface area contributed by atoms with E-state index in [0.717, 1.165) is 24.6 Å². The van der Waals surface area contributed by atoms with Gasteiger partial charge in [0.1, 0.15) is 0 Å². The fourth-order valence-corrected chi connectivity index (χ4v) is 3.05. The zero-order valence-corrected chi connectivity index (χ0v) is 14.1. The predicted molar refractivity (Wildman–Crippen MR) is 86.4 cm³/mol. The van der Waals surface area contributed by atoms with E-state index in [1.54, 1.807) is 0 Å². The second kappa shape index (κ2) is 7.85. The van der Waals surface area contributed by atoms with Gasteiger partial charge in [0.2, 0.25) is 0 Å². The SMILES string of the molecule is CCCNCc1sc(N(C)C(C)C)nc1C(C)CC. The molecule has 1 aromatic rings. The van der Waals surface area contributed by atoms with Crippen LogP contribution < -0.4 is 10.2 Å². The Morgan fingerprint density at radius 1 is 1.26 bits per heavy atom. The van der Waals surface area contributed by atoms with Crippen molar-refractivity contribution in [3.8, 4) is 0 Å². The first-order valence-corrected chi connectivity index (χ1v) is 8.25. The number of nitrogens with zero attached hydrogens (tertiary/aromatic N) is 2. The fourth-order valence-electron chi connectivity index (χ4n) is 1.81. The molecule has 1 N–H and O–H groups in total. The number of hydrogen-bond acceptors (Lipinski definition) is 4. The molecule has 0 spiro atoms. The van der Waals surface area contributed by atoms with E-state index in [9.17, 15) is 0 Å². The van der Waals surface area contributed by atoms with Crippen molar-refractivity contribution in [1.82, 2.24) is 10.3 Å². The van der Waals surface area contributed by atoms with Gasteiger partial charge in [-0.05, 0) is 39.2 Å². The van der Waals surface area contributed by atoms with E-state index in [2.05, 4.69) is 51.9 Å². The zero-order chi connectivity index (χ0) is 14.4. The lowest BCUT2D eigenvalue weighted by Crippen LogP contribution is -2.25. The molecule has 1 heterocycles. The minimum atomic E-state index is 0.493. The Hall–Kier alpha value is -0.610. The normalized spacial score (nSPS) is 13.0. The molecule has 4 heteroatoms. The average molecular weight is 283 g/mol. The second-order valence-corrected chi connectivity index (χ2v) is 6.56. The third kappa shape index (κ3) is 4.46. The maximum Gasteiger partial charge on any atom is 0.185 e. The van der Waals surface area contributed by atoms with Crippen LogP contribution >= 0.6 is 11.3 Å². The first kappa shape index (κ1) is 16.4. The van der Waals surface area contributed by atoms with Crippen LogP contribution in [-0.4, -0.2) is 24.6 Å². The maximum absolute atomic E-state index is 4.89. The highest BCUT2D eigenvalue weighted by molar-refractivity contribution is 7.15. The van der Waals surface area contributed by atoms with Crippen LogP contribution in [-0.2, 0) is 6.54 Å². The highest BCUT2D eigenvalue weighted by Crippen LogP contribution is 2.32. The highest BCUT2D eigenvalue weighted by atomic mass is 32.1. The molecule has 0 saturated carbocycles. The fraction of sp³-hybridized carbons (Fsp3) is 0.800. The molecule has 0 aliphatic carbocycles. The van der Waals surface area contributed by atoms with Crippen molar-refractivity contribution in [2.24, 2.45) is 0 Å². The van der Waals surface area contributed by atoms with E-state index in [1.165, 1.54) is 17.0 Å². The predicted octanol–water partition coefficient (Wildman–Crippen LogP) is 4.00. The summed E-state index contributed by atoms with van der Waals surface area (Å²) in [5, 5.41) is 4.66. The maximum atomic E-state index is 4.89. The molecule has 0 aliphatic heterocycles. The topological polar surface area (TPSA) is 28.2 Å². The summed E-state index contributed by atoms with van der Waals surface area (Å²) in [6, 6.07) is 0.493. The molecule has 19 heavy (non-hydrogen) atoms. The van der Waals surface area contributed by atoms with Crippen molar-refractivity contribution in [2.75, 3.05) is 18.5 Å². The van der Waals surface area contributed by atoms with Gasteiger partial charge in [-0.25, -0.2) is 4.98 Å². The third-order valence-corrected chi connectivity index (χ3v) is 4.75. The quantitative estimate of drug-likeness (QED) is 0.731. The molecular weight excluding hydrogens is 254 g/mol. The van der Waals surface area contributed by atoms with Gasteiger partial charge in [0.05, 0.1) is 5.69 Å². The smallest absolute Gasteiger partial charge is 0.185 e. The summed E-state index contributed by atoms with van der Waals surface area (Å²) in [5.74, 6) is 0.545. The number of anilines is 1. The lowest BCUT2D eigenvalue weighted by Gasteiger charge is -2.20. The Morgan fingerprint density at radius 3 is 2.47 bits per heavy atom. The first-order valence-electron chi connectivity index (χ1n) is 7.44. The second-order valence-electron chi connectivity index (χ2n) is 5.50. The Bertz CT molecular complexity index is 373. The van der Waals surface area contributed by atoms with Gasteiger partial charge in [-0.1, -0.05) is 20.8 Å². The summed E-state index contributed by atoms with van der Waals surface area (Å²) in [4.78, 5) is 8.56. The molecule has 0 radical (unpaired) electrons. The van der Waals surface area contributed by atoms with Gasteiger partial charge in [-0.3, -0.25) is 0 Å². The highest BCUT2D eigenvalue weighted by Gasteiger charge is 2.18. The number of aromatic nitrogens is 1. The molecular formula is C15H29N3S. The summed E-state index contributed by atoms with van der Waals surface area (Å²) >= 11 is 1.84. The number of thiazole rings is 1. The van der Waals surface area contributed by atoms with E-state index in [4.69, 9.17) is 4.98 Å². The summed E-state index contributed by atoms with van der Waals surface area (Å²) < 4.78 is 0. The van der Waals surface area contributed by atoms with E-state index in [1.807, 2.05) is 11.3 Å². The van der Waals surface area contributed by atoms with Gasteiger partial charge >= 0.3 is 0 Å². The molecule has 0 saturated heterocycles. The monoisotopic (exact) mass is 283 g/mol. The standard InChI is InChI=1S/C15H29N3S/c1-7-9-16-10-13-14(12(5)8-2)17-15(19-13)18(6)11(3)4/h11-12,16H,7-10H2,1-6H3. The Labute approximate surface area is 122 Å². The van der Waals surface area contributed by atoms with Crippen molar-refractivity contribution in [3.05, 3.63) is 10.6 Å². The van der Waals surface area contributed by atoms with E-state index in [-0.39, 0.29) is 0 Å². The van der Waals surface area contributed by atoms with Gasteiger partial charge in [-0.2, -0.15) is 0 Å². The summed E-state index contributed by atoms with van der Waals surface area (Å²) in [5.41, 5.74) is 1.29. The van der Waals surface area contributed by atoms with Crippen LogP contribution in [0.3, 0.4) is 0 Å². The van der Waals surface area contributed by atoms with Gasteiger partial charge in [0, 0.05) is 24.5 Å². The average Bonchev–Trinajstić information content (AvgIpc) is 2.81. The van der Waals surface area contributed by atoms with E-state index >= 15 is 0 Å². The molecule has 1 aromatic heterocycles. The molecule has 3 nitrogen and oxygen atoms in total. The van der Waals surface area contributed by atoms with Crippen molar-refractivity contribution in [1.29, 1.82) is 0 Å². The number of nitrogens with one attached hydrogen (secondary N) is 1. The van der Waals surface area contributed by atoms with Crippen LogP contribution in [0.25, 0.3) is 0 Å². The van der Waals surface area contributed by atoms with Crippen molar-refractivity contribution < 1.29 is 0 Å². The van der Waals surface area contributed by atoms with Gasteiger partial charge in [0.25, 0.3) is 0 Å². The first-order chi connectivity index (χ1) is 9.01. The van der Waals surface area contributed by atoms with Crippen LogP contribution in [0.4, 0.5) is 5.13 Å². The third-order valence-electron chi connectivity index (χ3n) is 3.58. The zero-order valence-electron chi connectivity index (χ0n) is 13.3. The van der Waals surface area contributed by atoms with Crippen LogP contribution in [0, 0.1) is 0 Å². The molecule has 0 bridgehead atoms. The van der Waals surface area contributed by atoms with Crippen LogP contribution in [0.1, 0.15) is 63.9 Å².